The summed E-state index contributed by atoms with van der Waals surface area (Å²) in [5.74, 6) is 2.14. The molecule has 1 saturated heterocycles. The Hall–Kier alpha value is -0.180. The van der Waals surface area contributed by atoms with Crippen LogP contribution in [0.1, 0.15) is 59.3 Å². The van der Waals surface area contributed by atoms with Gasteiger partial charge < -0.3 is 5.32 Å². The number of amidine groups is 1. The van der Waals surface area contributed by atoms with Crippen molar-refractivity contribution < 1.29 is 0 Å². The fraction of sp³-hybridized carbons (Fsp3) is 0.929. The van der Waals surface area contributed by atoms with E-state index in [2.05, 4.69) is 26.1 Å². The van der Waals surface area contributed by atoms with E-state index < -0.39 is 0 Å². The van der Waals surface area contributed by atoms with E-state index in [9.17, 15) is 0 Å². The molecule has 0 bridgehead atoms. The highest BCUT2D eigenvalue weighted by Gasteiger charge is 2.28. The highest BCUT2D eigenvalue weighted by molar-refractivity contribution is 8.13. The molecule has 1 N–H and O–H groups in total. The molecule has 0 amide bonds. The molecule has 1 aliphatic carbocycles. The van der Waals surface area contributed by atoms with E-state index in [0.29, 0.717) is 6.04 Å². The number of rotatable bonds is 2. The van der Waals surface area contributed by atoms with Crippen LogP contribution in [0.5, 0.6) is 0 Å². The first-order valence-corrected chi connectivity index (χ1v) is 8.08. The molecule has 2 nitrogen and oxygen atoms in total. The van der Waals surface area contributed by atoms with Crippen molar-refractivity contribution in [1.82, 2.24) is 5.32 Å². The van der Waals surface area contributed by atoms with Crippen LogP contribution < -0.4 is 5.32 Å². The average molecular weight is 254 g/mol. The standard InChI is InChI=1S/C14H26N2S/c1-4-14(3)9-10-17-13(16-14)15-12-7-5-11(2)6-8-12/h11-12H,4-10H2,1-3H3,(H,15,16). The van der Waals surface area contributed by atoms with Crippen LogP contribution >= 0.6 is 11.8 Å². The summed E-state index contributed by atoms with van der Waals surface area (Å²) in [5.41, 5.74) is 0.284. The van der Waals surface area contributed by atoms with Gasteiger partial charge in [-0.05, 0) is 51.4 Å². The van der Waals surface area contributed by atoms with Crippen LogP contribution in [0.2, 0.25) is 0 Å². The Balaban J connectivity index is 1.92. The molecule has 1 heterocycles. The first kappa shape index (κ1) is 13.3. The van der Waals surface area contributed by atoms with Crippen molar-refractivity contribution in [2.75, 3.05) is 5.75 Å². The van der Waals surface area contributed by atoms with Gasteiger partial charge in [0, 0.05) is 11.3 Å². The van der Waals surface area contributed by atoms with Gasteiger partial charge in [0.25, 0.3) is 0 Å². The van der Waals surface area contributed by atoms with Crippen LogP contribution in [0.25, 0.3) is 0 Å². The van der Waals surface area contributed by atoms with Crippen LogP contribution in [0.4, 0.5) is 0 Å². The third-order valence-electron chi connectivity index (χ3n) is 4.37. The maximum Gasteiger partial charge on any atom is 0.157 e. The first-order valence-electron chi connectivity index (χ1n) is 7.10. The maximum atomic E-state index is 4.94. The van der Waals surface area contributed by atoms with Crippen LogP contribution in [0.3, 0.4) is 0 Å². The van der Waals surface area contributed by atoms with E-state index in [-0.39, 0.29) is 5.54 Å². The molecule has 1 atom stereocenters. The van der Waals surface area contributed by atoms with Gasteiger partial charge in [-0.15, -0.1) is 0 Å². The van der Waals surface area contributed by atoms with Crippen LogP contribution in [-0.2, 0) is 0 Å². The number of hydrogen-bond acceptors (Lipinski definition) is 2. The zero-order chi connectivity index (χ0) is 12.3. The molecule has 1 unspecified atom stereocenters. The summed E-state index contributed by atoms with van der Waals surface area (Å²) >= 11 is 1.91. The molecule has 0 spiro atoms. The van der Waals surface area contributed by atoms with Gasteiger partial charge in [-0.3, -0.25) is 4.99 Å². The Morgan fingerprint density at radius 2 is 2.06 bits per heavy atom. The van der Waals surface area contributed by atoms with Gasteiger partial charge in [-0.2, -0.15) is 0 Å². The lowest BCUT2D eigenvalue weighted by Gasteiger charge is -2.36. The Morgan fingerprint density at radius 3 is 2.71 bits per heavy atom. The molecule has 3 heteroatoms. The number of hydrogen-bond donors (Lipinski definition) is 1. The van der Waals surface area contributed by atoms with Crippen LogP contribution in [0.15, 0.2) is 4.99 Å². The normalized spacial score (nSPS) is 41.2. The summed E-state index contributed by atoms with van der Waals surface area (Å²) in [7, 11) is 0. The molecule has 0 radical (unpaired) electrons. The molecule has 2 fully saturated rings. The molecule has 0 aromatic carbocycles. The van der Waals surface area contributed by atoms with Crippen molar-refractivity contribution >= 4 is 16.9 Å². The van der Waals surface area contributed by atoms with Gasteiger partial charge >= 0.3 is 0 Å². The van der Waals surface area contributed by atoms with Gasteiger partial charge in [0.1, 0.15) is 0 Å². The number of aliphatic imine (C=N–C) groups is 1. The Morgan fingerprint density at radius 1 is 1.35 bits per heavy atom. The average Bonchev–Trinajstić information content (AvgIpc) is 2.32. The van der Waals surface area contributed by atoms with Crippen molar-refractivity contribution in [2.45, 2.75) is 70.9 Å². The van der Waals surface area contributed by atoms with Crippen molar-refractivity contribution in [3.8, 4) is 0 Å². The summed E-state index contributed by atoms with van der Waals surface area (Å²) in [6.07, 6.45) is 7.74. The van der Waals surface area contributed by atoms with Gasteiger partial charge in [0.05, 0.1) is 6.04 Å². The third kappa shape index (κ3) is 3.64. The minimum absolute atomic E-state index is 0.284. The minimum Gasteiger partial charge on any atom is -0.360 e. The molecule has 2 aliphatic rings. The van der Waals surface area contributed by atoms with Crippen molar-refractivity contribution in [3.63, 3.8) is 0 Å². The fourth-order valence-corrected chi connectivity index (χ4v) is 3.89. The van der Waals surface area contributed by atoms with Crippen LogP contribution in [-0.4, -0.2) is 22.5 Å². The zero-order valence-electron chi connectivity index (χ0n) is 11.5. The maximum absolute atomic E-state index is 4.94. The molecule has 98 valence electrons. The molecule has 0 aromatic rings. The largest absolute Gasteiger partial charge is 0.360 e. The fourth-order valence-electron chi connectivity index (χ4n) is 2.60. The highest BCUT2D eigenvalue weighted by atomic mass is 32.2. The summed E-state index contributed by atoms with van der Waals surface area (Å²) in [5, 5.41) is 4.86. The lowest BCUT2D eigenvalue weighted by atomic mass is 9.88. The quantitative estimate of drug-likeness (QED) is 0.810. The zero-order valence-corrected chi connectivity index (χ0v) is 12.3. The van der Waals surface area contributed by atoms with E-state index >= 15 is 0 Å². The second-order valence-electron chi connectivity index (χ2n) is 5.99. The number of thioether (sulfide) groups is 1. The van der Waals surface area contributed by atoms with E-state index in [1.54, 1.807) is 0 Å². The van der Waals surface area contributed by atoms with Crippen molar-refractivity contribution in [2.24, 2.45) is 10.9 Å². The van der Waals surface area contributed by atoms with E-state index in [1.807, 2.05) is 11.8 Å². The van der Waals surface area contributed by atoms with E-state index in [1.165, 1.54) is 49.4 Å². The molecule has 0 aromatic heterocycles. The topological polar surface area (TPSA) is 24.4 Å². The first-order chi connectivity index (χ1) is 8.11. The number of nitrogens with zero attached hydrogens (tertiary/aromatic N) is 1. The molecule has 1 saturated carbocycles. The Bertz CT molecular complexity index is 282. The monoisotopic (exact) mass is 254 g/mol. The Labute approximate surface area is 110 Å². The lowest BCUT2D eigenvalue weighted by Crippen LogP contribution is -2.48. The lowest BCUT2D eigenvalue weighted by molar-refractivity contribution is 0.346. The van der Waals surface area contributed by atoms with Gasteiger partial charge in [0.2, 0.25) is 0 Å². The van der Waals surface area contributed by atoms with Crippen LogP contribution in [0, 0.1) is 5.92 Å². The van der Waals surface area contributed by atoms with E-state index in [0.717, 1.165) is 5.92 Å². The predicted octanol–water partition coefficient (Wildman–Crippen LogP) is 3.82. The molecule has 2 rings (SSSR count). The highest BCUT2D eigenvalue weighted by Crippen LogP contribution is 2.29. The van der Waals surface area contributed by atoms with Crippen molar-refractivity contribution in [1.29, 1.82) is 0 Å². The summed E-state index contributed by atoms with van der Waals surface area (Å²) in [4.78, 5) is 4.94. The van der Waals surface area contributed by atoms with Gasteiger partial charge in [-0.1, -0.05) is 25.6 Å². The van der Waals surface area contributed by atoms with Gasteiger partial charge in [0.15, 0.2) is 5.17 Å². The smallest absolute Gasteiger partial charge is 0.157 e. The Kier molecular flexibility index (Phi) is 4.40. The third-order valence-corrected chi connectivity index (χ3v) is 5.26. The second kappa shape index (κ2) is 5.64. The minimum atomic E-state index is 0.284. The van der Waals surface area contributed by atoms with E-state index in [4.69, 9.17) is 4.99 Å². The summed E-state index contributed by atoms with van der Waals surface area (Å²) < 4.78 is 0. The summed E-state index contributed by atoms with van der Waals surface area (Å²) in [6.45, 7) is 6.96. The summed E-state index contributed by atoms with van der Waals surface area (Å²) in [6, 6.07) is 0.584. The molecular formula is C14H26N2S. The van der Waals surface area contributed by atoms with Crippen molar-refractivity contribution in [3.05, 3.63) is 0 Å². The molecule has 1 aliphatic heterocycles. The predicted molar refractivity (Wildman–Crippen MR) is 77.8 cm³/mol. The SMILES string of the molecule is CCC1(C)CCSC(=NC2CCC(C)CC2)N1. The van der Waals surface area contributed by atoms with Gasteiger partial charge in [-0.25, -0.2) is 0 Å². The molecule has 17 heavy (non-hydrogen) atoms. The number of nitrogens with one attached hydrogen (secondary N) is 1. The second-order valence-corrected chi connectivity index (χ2v) is 7.07. The molecular weight excluding hydrogens is 228 g/mol.